The number of nitrogens with two attached hydrogens (primary N) is 1. The first-order chi connectivity index (χ1) is 8.51. The van der Waals surface area contributed by atoms with Gasteiger partial charge in [0.05, 0.1) is 12.1 Å². The van der Waals surface area contributed by atoms with Gasteiger partial charge in [0.2, 0.25) is 0 Å². The predicted molar refractivity (Wildman–Crippen MR) is 73.8 cm³/mol. The second kappa shape index (κ2) is 4.98. The Balaban J connectivity index is 2.37. The third-order valence-corrected chi connectivity index (χ3v) is 2.89. The van der Waals surface area contributed by atoms with Gasteiger partial charge in [0, 0.05) is 11.5 Å². The van der Waals surface area contributed by atoms with Crippen LogP contribution in [0, 0.1) is 0 Å². The van der Waals surface area contributed by atoms with Crippen LogP contribution in [-0.2, 0) is 0 Å². The van der Waals surface area contributed by atoms with Gasteiger partial charge in [-0.1, -0.05) is 18.2 Å². The topological polar surface area (TPSA) is 59.6 Å². The minimum Gasteiger partial charge on any atom is -0.493 e. The summed E-state index contributed by atoms with van der Waals surface area (Å²) in [5.74, 6) is 7.61. The minimum atomic E-state index is -0.144. The molecule has 98 valence electrons. The average molecular weight is 247 g/mol. The monoisotopic (exact) mass is 247 g/mol. The predicted octanol–water partition coefficient (Wildman–Crippen LogP) is 2.21. The Bertz CT molecular complexity index is 449. The van der Waals surface area contributed by atoms with Crippen molar-refractivity contribution in [3.05, 3.63) is 29.8 Å². The Kier molecular flexibility index (Phi) is 3.57. The molecule has 0 fully saturated rings. The van der Waals surface area contributed by atoms with Gasteiger partial charge in [-0.2, -0.15) is 0 Å². The normalized spacial score (nSPS) is 20.0. The molecule has 4 nitrogen and oxygen atoms in total. The highest BCUT2D eigenvalue weighted by Gasteiger charge is 2.26. The molecule has 0 bridgehead atoms. The molecular weight excluding hydrogens is 226 g/mol. The number of aliphatic imine (C=N–C) groups is 1. The number of hydrogen-bond acceptors (Lipinski definition) is 3. The van der Waals surface area contributed by atoms with Crippen molar-refractivity contribution in [2.45, 2.75) is 38.6 Å². The van der Waals surface area contributed by atoms with Crippen molar-refractivity contribution in [1.29, 1.82) is 0 Å². The number of amidine groups is 1. The van der Waals surface area contributed by atoms with E-state index in [-0.39, 0.29) is 11.5 Å². The summed E-state index contributed by atoms with van der Waals surface area (Å²) in [6.07, 6.45) is 0.899. The smallest absolute Gasteiger partial charge is 0.123 e. The second-order valence-corrected chi connectivity index (χ2v) is 5.54. The summed E-state index contributed by atoms with van der Waals surface area (Å²) in [6, 6.07) is 8.07. The lowest BCUT2D eigenvalue weighted by Crippen LogP contribution is -2.39. The van der Waals surface area contributed by atoms with Crippen molar-refractivity contribution in [3.63, 3.8) is 0 Å². The van der Waals surface area contributed by atoms with E-state index in [2.05, 4.69) is 37.3 Å². The molecular formula is C14H21N3O. The molecule has 0 saturated heterocycles. The lowest BCUT2D eigenvalue weighted by Gasteiger charge is -2.28. The lowest BCUT2D eigenvalue weighted by molar-refractivity contribution is 0.281. The summed E-state index contributed by atoms with van der Waals surface area (Å²) in [5.41, 5.74) is 3.78. The molecule has 0 amide bonds. The van der Waals surface area contributed by atoms with E-state index in [0.717, 1.165) is 23.6 Å². The van der Waals surface area contributed by atoms with E-state index >= 15 is 0 Å². The zero-order valence-corrected chi connectivity index (χ0v) is 11.2. The largest absolute Gasteiger partial charge is 0.493 e. The standard InChI is InChI=1S/C14H21N3O/c1-14(2,3)16-13(17-15)11-8-9-18-12-7-5-4-6-10(11)12/h4-7,11H,8-9,15H2,1-3H3,(H,16,17). The number of benzene rings is 1. The summed E-state index contributed by atoms with van der Waals surface area (Å²) in [6.45, 7) is 6.90. The van der Waals surface area contributed by atoms with Crippen LogP contribution >= 0.6 is 0 Å². The third kappa shape index (κ3) is 2.82. The Morgan fingerprint density at radius 1 is 1.39 bits per heavy atom. The van der Waals surface area contributed by atoms with Crippen molar-refractivity contribution in [3.8, 4) is 5.75 Å². The minimum absolute atomic E-state index is 0.144. The van der Waals surface area contributed by atoms with Crippen molar-refractivity contribution < 1.29 is 4.74 Å². The molecule has 1 unspecified atom stereocenters. The van der Waals surface area contributed by atoms with E-state index in [4.69, 9.17) is 10.6 Å². The number of hydrogen-bond donors (Lipinski definition) is 2. The average Bonchev–Trinajstić information content (AvgIpc) is 2.34. The molecule has 1 atom stereocenters. The molecule has 1 aromatic carbocycles. The molecule has 3 N–H and O–H groups in total. The maximum absolute atomic E-state index is 5.65. The van der Waals surface area contributed by atoms with Gasteiger partial charge in [-0.3, -0.25) is 4.99 Å². The number of fused-ring (bicyclic) bond motifs is 1. The van der Waals surface area contributed by atoms with Crippen LogP contribution in [-0.4, -0.2) is 18.0 Å². The second-order valence-electron chi connectivity index (χ2n) is 5.54. The highest BCUT2D eigenvalue weighted by molar-refractivity contribution is 5.89. The molecule has 0 radical (unpaired) electrons. The SMILES string of the molecule is CC(C)(C)N=C(NN)C1CCOc2ccccc21. The first kappa shape index (κ1) is 12.9. The third-order valence-electron chi connectivity index (χ3n) is 2.89. The summed E-state index contributed by atoms with van der Waals surface area (Å²) in [4.78, 5) is 4.67. The van der Waals surface area contributed by atoms with Crippen LogP contribution in [0.4, 0.5) is 0 Å². The molecule has 0 aliphatic carbocycles. The summed E-state index contributed by atoms with van der Waals surface area (Å²) in [5, 5.41) is 0. The van der Waals surface area contributed by atoms with Gasteiger partial charge in [0.25, 0.3) is 0 Å². The molecule has 18 heavy (non-hydrogen) atoms. The molecule has 1 aliphatic rings. The van der Waals surface area contributed by atoms with Crippen LogP contribution in [0.1, 0.15) is 38.7 Å². The first-order valence-electron chi connectivity index (χ1n) is 6.29. The van der Waals surface area contributed by atoms with E-state index in [1.54, 1.807) is 0 Å². The molecule has 1 heterocycles. The van der Waals surface area contributed by atoms with Crippen molar-refractivity contribution in [2.24, 2.45) is 10.8 Å². The van der Waals surface area contributed by atoms with E-state index in [1.165, 1.54) is 0 Å². The number of hydrazine groups is 1. The number of ether oxygens (including phenoxy) is 1. The van der Waals surface area contributed by atoms with Crippen LogP contribution in [0.2, 0.25) is 0 Å². The summed E-state index contributed by atoms with van der Waals surface area (Å²) in [7, 11) is 0. The summed E-state index contributed by atoms with van der Waals surface area (Å²) < 4.78 is 5.65. The fourth-order valence-corrected chi connectivity index (χ4v) is 2.20. The molecule has 1 aromatic rings. The van der Waals surface area contributed by atoms with Crippen LogP contribution in [0.3, 0.4) is 0 Å². The zero-order chi connectivity index (χ0) is 13.2. The molecule has 0 spiro atoms. The number of nitrogens with zero attached hydrogens (tertiary/aromatic N) is 1. The quantitative estimate of drug-likeness (QED) is 0.346. The fraction of sp³-hybridized carbons (Fsp3) is 0.500. The highest BCUT2D eigenvalue weighted by atomic mass is 16.5. The first-order valence-corrected chi connectivity index (χ1v) is 6.29. The van der Waals surface area contributed by atoms with Crippen LogP contribution < -0.4 is 16.0 Å². The van der Waals surface area contributed by atoms with Crippen molar-refractivity contribution >= 4 is 5.84 Å². The Morgan fingerprint density at radius 2 is 2.11 bits per heavy atom. The molecule has 1 aliphatic heterocycles. The van der Waals surface area contributed by atoms with E-state index in [0.29, 0.717) is 6.61 Å². The molecule has 4 heteroatoms. The Hall–Kier alpha value is -1.55. The molecule has 0 aromatic heterocycles. The van der Waals surface area contributed by atoms with Gasteiger partial charge >= 0.3 is 0 Å². The number of nitrogens with one attached hydrogen (secondary N) is 1. The highest BCUT2D eigenvalue weighted by Crippen LogP contribution is 2.34. The van der Waals surface area contributed by atoms with Gasteiger partial charge < -0.3 is 10.2 Å². The number of rotatable bonds is 1. The fourth-order valence-electron chi connectivity index (χ4n) is 2.20. The number of para-hydroxylation sites is 1. The lowest BCUT2D eigenvalue weighted by atomic mass is 9.91. The maximum atomic E-state index is 5.65. The van der Waals surface area contributed by atoms with E-state index < -0.39 is 0 Å². The molecule has 2 rings (SSSR count). The van der Waals surface area contributed by atoms with Crippen LogP contribution in [0.15, 0.2) is 29.3 Å². The zero-order valence-electron chi connectivity index (χ0n) is 11.2. The maximum Gasteiger partial charge on any atom is 0.123 e. The Morgan fingerprint density at radius 3 is 2.78 bits per heavy atom. The van der Waals surface area contributed by atoms with Gasteiger partial charge in [0.1, 0.15) is 11.6 Å². The van der Waals surface area contributed by atoms with Crippen LogP contribution in [0.5, 0.6) is 5.75 Å². The van der Waals surface area contributed by atoms with Gasteiger partial charge in [-0.15, -0.1) is 0 Å². The van der Waals surface area contributed by atoms with Crippen molar-refractivity contribution in [1.82, 2.24) is 5.43 Å². The van der Waals surface area contributed by atoms with Gasteiger partial charge in [-0.25, -0.2) is 5.84 Å². The van der Waals surface area contributed by atoms with E-state index in [1.807, 2.05) is 18.2 Å². The summed E-state index contributed by atoms with van der Waals surface area (Å²) >= 11 is 0. The Labute approximate surface area is 108 Å². The molecule has 0 saturated carbocycles. The van der Waals surface area contributed by atoms with E-state index in [9.17, 15) is 0 Å². The van der Waals surface area contributed by atoms with Gasteiger partial charge in [-0.05, 0) is 33.3 Å². The van der Waals surface area contributed by atoms with Crippen LogP contribution in [0.25, 0.3) is 0 Å². The van der Waals surface area contributed by atoms with Gasteiger partial charge in [0.15, 0.2) is 0 Å². The van der Waals surface area contributed by atoms with Crippen molar-refractivity contribution in [2.75, 3.05) is 6.61 Å².